The lowest BCUT2D eigenvalue weighted by molar-refractivity contribution is -0.385. The maximum atomic E-state index is 10.9. The first-order valence-corrected chi connectivity index (χ1v) is 7.63. The third-order valence-electron chi connectivity index (χ3n) is 3.55. The van der Waals surface area contributed by atoms with Gasteiger partial charge in [0.05, 0.1) is 4.92 Å². The van der Waals surface area contributed by atoms with E-state index in [1.165, 1.54) is 6.07 Å². The zero-order valence-corrected chi connectivity index (χ0v) is 13.7. The van der Waals surface area contributed by atoms with E-state index in [1.54, 1.807) is 12.1 Å². The molecule has 0 aliphatic heterocycles. The van der Waals surface area contributed by atoms with Gasteiger partial charge in [0.15, 0.2) is 0 Å². The summed E-state index contributed by atoms with van der Waals surface area (Å²) in [7, 11) is 2.12. The minimum absolute atomic E-state index is 0.117. The molecule has 0 radical (unpaired) electrons. The second-order valence-electron chi connectivity index (χ2n) is 5.49. The molecule has 1 rings (SSSR count). The molecule has 0 saturated carbocycles. The standard InChI is InChI=1S/C15H24ClN3O2/c1-12(2)18(3)9-5-4-8-17-11-13-10-14(16)6-7-15(13)19(20)21/h6-7,10,12,17H,4-5,8-9,11H2,1-3H3. The third-order valence-corrected chi connectivity index (χ3v) is 3.78. The van der Waals surface area contributed by atoms with Crippen LogP contribution in [0.15, 0.2) is 18.2 Å². The van der Waals surface area contributed by atoms with Crippen molar-refractivity contribution in [1.82, 2.24) is 10.2 Å². The Bertz CT molecular complexity index is 466. The van der Waals surface area contributed by atoms with Gasteiger partial charge in [0, 0.05) is 29.2 Å². The van der Waals surface area contributed by atoms with Gasteiger partial charge in [-0.25, -0.2) is 0 Å². The normalized spacial score (nSPS) is 11.3. The summed E-state index contributed by atoms with van der Waals surface area (Å²) in [6.07, 6.45) is 2.16. The van der Waals surface area contributed by atoms with Gasteiger partial charge in [-0.3, -0.25) is 10.1 Å². The highest BCUT2D eigenvalue weighted by molar-refractivity contribution is 6.30. The first kappa shape index (κ1) is 17.9. The zero-order valence-electron chi connectivity index (χ0n) is 12.9. The van der Waals surface area contributed by atoms with Gasteiger partial charge < -0.3 is 10.2 Å². The van der Waals surface area contributed by atoms with Crippen molar-refractivity contribution in [1.29, 1.82) is 0 Å². The molecule has 0 aliphatic carbocycles. The van der Waals surface area contributed by atoms with Crippen LogP contribution in [-0.4, -0.2) is 36.0 Å². The van der Waals surface area contributed by atoms with E-state index < -0.39 is 0 Å². The summed E-state index contributed by atoms with van der Waals surface area (Å²) in [5, 5.41) is 14.7. The summed E-state index contributed by atoms with van der Waals surface area (Å²) in [5.41, 5.74) is 0.748. The highest BCUT2D eigenvalue weighted by atomic mass is 35.5. The molecular formula is C15H24ClN3O2. The Morgan fingerprint density at radius 2 is 2.10 bits per heavy atom. The van der Waals surface area contributed by atoms with Crippen molar-refractivity contribution in [2.45, 2.75) is 39.3 Å². The van der Waals surface area contributed by atoms with Crippen LogP contribution in [0.4, 0.5) is 5.69 Å². The van der Waals surface area contributed by atoms with Crippen molar-refractivity contribution in [3.05, 3.63) is 38.9 Å². The Kier molecular flexibility index (Phi) is 7.64. The highest BCUT2D eigenvalue weighted by Gasteiger charge is 2.13. The summed E-state index contributed by atoms with van der Waals surface area (Å²) in [4.78, 5) is 12.9. The van der Waals surface area contributed by atoms with Crippen LogP contribution in [-0.2, 0) is 6.54 Å². The van der Waals surface area contributed by atoms with Crippen molar-refractivity contribution in [3.63, 3.8) is 0 Å². The summed E-state index contributed by atoms with van der Waals surface area (Å²) in [6.45, 7) is 6.73. The second kappa shape index (κ2) is 8.97. The van der Waals surface area contributed by atoms with Crippen molar-refractivity contribution >= 4 is 17.3 Å². The van der Waals surface area contributed by atoms with Gasteiger partial charge in [0.1, 0.15) is 0 Å². The van der Waals surface area contributed by atoms with Gasteiger partial charge >= 0.3 is 0 Å². The van der Waals surface area contributed by atoms with E-state index in [9.17, 15) is 10.1 Å². The Balaban J connectivity index is 2.33. The van der Waals surface area contributed by atoms with E-state index in [0.717, 1.165) is 25.9 Å². The number of hydrogen-bond donors (Lipinski definition) is 1. The van der Waals surface area contributed by atoms with Crippen LogP contribution in [0.25, 0.3) is 0 Å². The van der Waals surface area contributed by atoms with Crippen molar-refractivity contribution < 1.29 is 4.92 Å². The van der Waals surface area contributed by atoms with E-state index in [0.29, 0.717) is 23.2 Å². The Hall–Kier alpha value is -1.17. The fourth-order valence-corrected chi connectivity index (χ4v) is 2.16. The van der Waals surface area contributed by atoms with E-state index in [4.69, 9.17) is 11.6 Å². The van der Waals surface area contributed by atoms with Crippen molar-refractivity contribution in [3.8, 4) is 0 Å². The van der Waals surface area contributed by atoms with Crippen LogP contribution >= 0.6 is 11.6 Å². The zero-order chi connectivity index (χ0) is 15.8. The summed E-state index contributed by atoms with van der Waals surface area (Å²) >= 11 is 5.89. The number of nitrogens with one attached hydrogen (secondary N) is 1. The number of halogens is 1. The molecule has 0 fully saturated rings. The van der Waals surface area contributed by atoms with Gasteiger partial charge in [-0.05, 0) is 59.0 Å². The molecule has 0 spiro atoms. The number of unbranched alkanes of at least 4 members (excludes halogenated alkanes) is 1. The average Bonchev–Trinajstić information content (AvgIpc) is 2.41. The predicted octanol–water partition coefficient (Wildman–Crippen LogP) is 3.46. The Labute approximate surface area is 131 Å². The lowest BCUT2D eigenvalue weighted by Crippen LogP contribution is -2.27. The van der Waals surface area contributed by atoms with Gasteiger partial charge in [0.2, 0.25) is 0 Å². The van der Waals surface area contributed by atoms with E-state index >= 15 is 0 Å². The molecule has 0 bridgehead atoms. The number of benzene rings is 1. The molecule has 0 aliphatic rings. The Morgan fingerprint density at radius 1 is 1.38 bits per heavy atom. The predicted molar refractivity (Wildman–Crippen MR) is 86.8 cm³/mol. The molecule has 0 aromatic heterocycles. The van der Waals surface area contributed by atoms with E-state index in [2.05, 4.69) is 31.1 Å². The maximum Gasteiger partial charge on any atom is 0.273 e. The maximum absolute atomic E-state index is 10.9. The monoisotopic (exact) mass is 313 g/mol. The molecule has 5 nitrogen and oxygen atoms in total. The van der Waals surface area contributed by atoms with Crippen LogP contribution < -0.4 is 5.32 Å². The van der Waals surface area contributed by atoms with Gasteiger partial charge in [-0.1, -0.05) is 11.6 Å². The van der Waals surface area contributed by atoms with Crippen molar-refractivity contribution in [2.75, 3.05) is 20.1 Å². The SMILES string of the molecule is CC(C)N(C)CCCCNCc1cc(Cl)ccc1[N+](=O)[O-]. The van der Waals surface area contributed by atoms with Gasteiger partial charge in [-0.15, -0.1) is 0 Å². The largest absolute Gasteiger partial charge is 0.312 e. The quantitative estimate of drug-likeness (QED) is 0.431. The minimum atomic E-state index is -0.370. The highest BCUT2D eigenvalue weighted by Crippen LogP contribution is 2.22. The minimum Gasteiger partial charge on any atom is -0.312 e. The second-order valence-corrected chi connectivity index (χ2v) is 5.92. The van der Waals surface area contributed by atoms with Gasteiger partial charge in [-0.2, -0.15) is 0 Å². The van der Waals surface area contributed by atoms with Crippen LogP contribution in [0.5, 0.6) is 0 Å². The lowest BCUT2D eigenvalue weighted by atomic mass is 10.1. The molecule has 118 valence electrons. The molecule has 0 heterocycles. The molecule has 0 atom stereocenters. The summed E-state index contributed by atoms with van der Waals surface area (Å²) in [5.74, 6) is 0. The summed E-state index contributed by atoms with van der Waals surface area (Å²) < 4.78 is 0. The number of nitrogens with zero attached hydrogens (tertiary/aromatic N) is 2. The van der Waals surface area contributed by atoms with Crippen LogP contribution in [0.2, 0.25) is 5.02 Å². The topological polar surface area (TPSA) is 58.4 Å². The molecule has 0 saturated heterocycles. The molecule has 6 heteroatoms. The molecule has 1 aromatic rings. The fourth-order valence-electron chi connectivity index (χ4n) is 1.97. The molecular weight excluding hydrogens is 290 g/mol. The molecule has 1 aromatic carbocycles. The summed E-state index contributed by atoms with van der Waals surface area (Å²) in [6, 6.07) is 5.22. The molecule has 0 amide bonds. The number of rotatable bonds is 9. The van der Waals surface area contributed by atoms with E-state index in [1.807, 2.05) is 0 Å². The first-order chi connectivity index (χ1) is 9.91. The average molecular weight is 314 g/mol. The van der Waals surface area contributed by atoms with Crippen molar-refractivity contribution in [2.24, 2.45) is 0 Å². The smallest absolute Gasteiger partial charge is 0.273 e. The van der Waals surface area contributed by atoms with Gasteiger partial charge in [0.25, 0.3) is 5.69 Å². The Morgan fingerprint density at radius 3 is 2.71 bits per heavy atom. The number of nitro benzene ring substituents is 1. The van der Waals surface area contributed by atoms with Crippen LogP contribution in [0.1, 0.15) is 32.3 Å². The van der Waals surface area contributed by atoms with Crippen LogP contribution in [0, 0.1) is 10.1 Å². The fraction of sp³-hybridized carbons (Fsp3) is 0.600. The van der Waals surface area contributed by atoms with E-state index in [-0.39, 0.29) is 10.6 Å². The molecule has 21 heavy (non-hydrogen) atoms. The lowest BCUT2D eigenvalue weighted by Gasteiger charge is -2.20. The molecule has 1 N–H and O–H groups in total. The van der Waals surface area contributed by atoms with Crippen LogP contribution in [0.3, 0.4) is 0 Å². The first-order valence-electron chi connectivity index (χ1n) is 7.25. The number of nitro groups is 1. The number of hydrogen-bond acceptors (Lipinski definition) is 4. The molecule has 0 unspecified atom stereocenters. The third kappa shape index (κ3) is 6.42.